The first kappa shape index (κ1) is 12.3. The molecule has 0 aliphatic heterocycles. The maximum atomic E-state index is 5.98. The van der Waals surface area contributed by atoms with E-state index in [1.807, 2.05) is 43.7 Å². The highest BCUT2D eigenvalue weighted by Crippen LogP contribution is 2.24. The summed E-state index contributed by atoms with van der Waals surface area (Å²) in [6.45, 7) is 5.78. The lowest BCUT2D eigenvalue weighted by atomic mass is 10.1. The molecule has 1 unspecified atom stereocenters. The Morgan fingerprint density at radius 3 is 2.59 bits per heavy atom. The second-order valence-electron chi connectivity index (χ2n) is 4.11. The largest absolute Gasteiger partial charge is 0.324 e. The number of halogens is 1. The lowest BCUT2D eigenvalue weighted by Gasteiger charge is -2.13. The maximum Gasteiger partial charge on any atom is 0.148 e. The monoisotopic (exact) mass is 294 g/mol. The molecule has 1 aromatic carbocycles. The molecule has 2 N–H and O–H groups in total. The summed E-state index contributed by atoms with van der Waals surface area (Å²) < 4.78 is 2.84. The van der Waals surface area contributed by atoms with Gasteiger partial charge in [0.05, 0.1) is 5.69 Å². The summed E-state index contributed by atoms with van der Waals surface area (Å²) in [4.78, 5) is 4.31. The second kappa shape index (κ2) is 4.58. The van der Waals surface area contributed by atoms with Crippen molar-refractivity contribution < 1.29 is 0 Å². The summed E-state index contributed by atoms with van der Waals surface area (Å²) in [7, 11) is 0. The number of benzene rings is 1. The SMILES string of the molecule is Cc1nc(C)n(-c2cc(Br)ccc2C(C)N)n1. The van der Waals surface area contributed by atoms with Crippen LogP contribution in [0.5, 0.6) is 0 Å². The molecule has 0 fully saturated rings. The highest BCUT2D eigenvalue weighted by atomic mass is 79.9. The van der Waals surface area contributed by atoms with Gasteiger partial charge in [0.15, 0.2) is 0 Å². The maximum absolute atomic E-state index is 5.98. The van der Waals surface area contributed by atoms with Gasteiger partial charge in [-0.3, -0.25) is 0 Å². The fourth-order valence-electron chi connectivity index (χ4n) is 1.83. The van der Waals surface area contributed by atoms with Crippen LogP contribution in [0.3, 0.4) is 0 Å². The number of nitrogens with zero attached hydrogens (tertiary/aromatic N) is 3. The third kappa shape index (κ3) is 2.40. The minimum absolute atomic E-state index is 0.0398. The van der Waals surface area contributed by atoms with Crippen molar-refractivity contribution in [2.45, 2.75) is 26.8 Å². The predicted octanol–water partition coefficient (Wildman–Crippen LogP) is 2.67. The van der Waals surface area contributed by atoms with Gasteiger partial charge >= 0.3 is 0 Å². The van der Waals surface area contributed by atoms with Crippen LogP contribution in [-0.2, 0) is 0 Å². The summed E-state index contributed by atoms with van der Waals surface area (Å²) >= 11 is 3.47. The normalized spacial score (nSPS) is 12.8. The first-order valence-electron chi connectivity index (χ1n) is 5.44. The molecule has 17 heavy (non-hydrogen) atoms. The Hall–Kier alpha value is -1.20. The number of hydrogen-bond acceptors (Lipinski definition) is 3. The zero-order valence-electron chi connectivity index (χ0n) is 10.1. The minimum atomic E-state index is -0.0398. The summed E-state index contributed by atoms with van der Waals surface area (Å²) in [5.41, 5.74) is 8.02. The van der Waals surface area contributed by atoms with Crippen LogP contribution in [0, 0.1) is 13.8 Å². The Kier molecular flexibility index (Phi) is 3.31. The fraction of sp³-hybridized carbons (Fsp3) is 0.333. The van der Waals surface area contributed by atoms with E-state index in [0.29, 0.717) is 0 Å². The molecule has 0 aliphatic carbocycles. The van der Waals surface area contributed by atoms with Crippen LogP contribution >= 0.6 is 15.9 Å². The third-order valence-corrected chi connectivity index (χ3v) is 3.08. The molecular formula is C12H15BrN4. The molecule has 0 aliphatic rings. The lowest BCUT2D eigenvalue weighted by molar-refractivity contribution is 0.765. The van der Waals surface area contributed by atoms with Gasteiger partial charge in [-0.2, -0.15) is 5.10 Å². The number of aryl methyl sites for hydroxylation is 2. The molecule has 2 rings (SSSR count). The first-order chi connectivity index (χ1) is 7.99. The quantitative estimate of drug-likeness (QED) is 0.926. The summed E-state index contributed by atoms with van der Waals surface area (Å²) in [5.74, 6) is 1.63. The topological polar surface area (TPSA) is 56.7 Å². The van der Waals surface area contributed by atoms with Crippen molar-refractivity contribution in [2.24, 2.45) is 5.73 Å². The fourth-order valence-corrected chi connectivity index (χ4v) is 2.18. The van der Waals surface area contributed by atoms with Crippen molar-refractivity contribution >= 4 is 15.9 Å². The molecule has 0 saturated carbocycles. The van der Waals surface area contributed by atoms with E-state index in [1.165, 1.54) is 0 Å². The molecule has 90 valence electrons. The van der Waals surface area contributed by atoms with Crippen LogP contribution in [0.1, 0.15) is 30.2 Å². The number of aromatic nitrogens is 3. The standard InChI is InChI=1S/C12H15BrN4/c1-7(14)11-5-4-10(13)6-12(11)17-9(3)15-8(2)16-17/h4-7H,14H2,1-3H3. The number of hydrogen-bond donors (Lipinski definition) is 1. The molecule has 4 nitrogen and oxygen atoms in total. The van der Waals surface area contributed by atoms with Crippen LogP contribution in [0.25, 0.3) is 5.69 Å². The van der Waals surface area contributed by atoms with Gasteiger partial charge in [0.1, 0.15) is 11.6 Å². The van der Waals surface area contributed by atoms with Crippen molar-refractivity contribution in [3.8, 4) is 5.69 Å². The average molecular weight is 295 g/mol. The van der Waals surface area contributed by atoms with E-state index in [1.54, 1.807) is 0 Å². The molecule has 1 heterocycles. The summed E-state index contributed by atoms with van der Waals surface area (Å²) in [6, 6.07) is 5.98. The molecule has 0 amide bonds. The van der Waals surface area contributed by atoms with Gasteiger partial charge in [0, 0.05) is 10.5 Å². The smallest absolute Gasteiger partial charge is 0.148 e. The third-order valence-electron chi connectivity index (χ3n) is 2.59. The highest BCUT2D eigenvalue weighted by Gasteiger charge is 2.13. The summed E-state index contributed by atoms with van der Waals surface area (Å²) in [6.07, 6.45) is 0. The van der Waals surface area contributed by atoms with E-state index >= 15 is 0 Å². The van der Waals surface area contributed by atoms with Gasteiger partial charge in [-0.15, -0.1) is 0 Å². The van der Waals surface area contributed by atoms with E-state index in [0.717, 1.165) is 27.4 Å². The van der Waals surface area contributed by atoms with Crippen molar-refractivity contribution in [1.82, 2.24) is 14.8 Å². The molecule has 2 aromatic rings. The van der Waals surface area contributed by atoms with Crippen molar-refractivity contribution in [3.05, 3.63) is 39.9 Å². The van der Waals surface area contributed by atoms with Gasteiger partial charge < -0.3 is 5.73 Å². The Morgan fingerprint density at radius 2 is 2.06 bits per heavy atom. The lowest BCUT2D eigenvalue weighted by Crippen LogP contribution is -2.11. The molecule has 1 atom stereocenters. The number of nitrogens with two attached hydrogens (primary N) is 1. The predicted molar refractivity (Wildman–Crippen MR) is 71.1 cm³/mol. The summed E-state index contributed by atoms with van der Waals surface area (Å²) in [5, 5.41) is 4.39. The van der Waals surface area contributed by atoms with Gasteiger partial charge in [0.2, 0.25) is 0 Å². The van der Waals surface area contributed by atoms with Gasteiger partial charge in [-0.25, -0.2) is 9.67 Å². The van der Waals surface area contributed by atoms with E-state index < -0.39 is 0 Å². The molecule has 0 bridgehead atoms. The van der Waals surface area contributed by atoms with Crippen molar-refractivity contribution in [3.63, 3.8) is 0 Å². The van der Waals surface area contributed by atoms with Crippen LogP contribution in [-0.4, -0.2) is 14.8 Å². The van der Waals surface area contributed by atoms with Gasteiger partial charge in [-0.05, 0) is 38.5 Å². The van der Waals surface area contributed by atoms with Crippen LogP contribution in [0.2, 0.25) is 0 Å². The first-order valence-corrected chi connectivity index (χ1v) is 6.24. The highest BCUT2D eigenvalue weighted by molar-refractivity contribution is 9.10. The Labute approximate surface area is 109 Å². The van der Waals surface area contributed by atoms with Gasteiger partial charge in [0.25, 0.3) is 0 Å². The molecule has 5 heteroatoms. The van der Waals surface area contributed by atoms with Crippen LogP contribution < -0.4 is 5.73 Å². The van der Waals surface area contributed by atoms with Crippen LogP contribution in [0.4, 0.5) is 0 Å². The zero-order valence-corrected chi connectivity index (χ0v) is 11.7. The van der Waals surface area contributed by atoms with E-state index in [2.05, 4.69) is 26.0 Å². The Morgan fingerprint density at radius 1 is 1.35 bits per heavy atom. The average Bonchev–Trinajstić information content (AvgIpc) is 2.57. The van der Waals surface area contributed by atoms with Crippen molar-refractivity contribution in [1.29, 1.82) is 0 Å². The van der Waals surface area contributed by atoms with Crippen molar-refractivity contribution in [2.75, 3.05) is 0 Å². The zero-order chi connectivity index (χ0) is 12.6. The molecular weight excluding hydrogens is 280 g/mol. The van der Waals surface area contributed by atoms with Gasteiger partial charge in [-0.1, -0.05) is 22.0 Å². The minimum Gasteiger partial charge on any atom is -0.324 e. The molecule has 0 radical (unpaired) electrons. The Balaban J connectivity index is 2.65. The van der Waals surface area contributed by atoms with E-state index in [9.17, 15) is 0 Å². The van der Waals surface area contributed by atoms with E-state index in [-0.39, 0.29) is 6.04 Å². The van der Waals surface area contributed by atoms with Crippen LogP contribution in [0.15, 0.2) is 22.7 Å². The Bertz CT molecular complexity index is 545. The number of rotatable bonds is 2. The molecule has 0 saturated heterocycles. The second-order valence-corrected chi connectivity index (χ2v) is 5.03. The van der Waals surface area contributed by atoms with E-state index in [4.69, 9.17) is 5.73 Å². The molecule has 1 aromatic heterocycles. The molecule has 0 spiro atoms.